The Hall–Kier alpha value is -2.27. The van der Waals surface area contributed by atoms with Crippen molar-refractivity contribution in [2.75, 3.05) is 6.79 Å². The second kappa shape index (κ2) is 5.61. The van der Waals surface area contributed by atoms with Gasteiger partial charge in [0, 0.05) is 11.6 Å². The molecule has 0 aliphatic carbocycles. The monoisotopic (exact) mass is 308 g/mol. The zero-order chi connectivity index (χ0) is 14.8. The molecule has 4 nitrogen and oxygen atoms in total. The molecule has 1 aliphatic rings. The minimum absolute atomic E-state index is 0.111. The van der Waals surface area contributed by atoms with Gasteiger partial charge in [0.1, 0.15) is 18.2 Å². The lowest BCUT2D eigenvalue weighted by Crippen LogP contribution is -1.99. The highest BCUT2D eigenvalue weighted by Crippen LogP contribution is 2.37. The van der Waals surface area contributed by atoms with Gasteiger partial charge in [-0.25, -0.2) is 4.39 Å². The summed E-state index contributed by atoms with van der Waals surface area (Å²) >= 11 is 5.93. The molecule has 2 aromatic carbocycles. The van der Waals surface area contributed by atoms with E-state index in [1.165, 1.54) is 18.2 Å². The summed E-state index contributed by atoms with van der Waals surface area (Å²) in [6.07, 6.45) is 0.670. The van der Waals surface area contributed by atoms with Crippen molar-refractivity contribution in [3.8, 4) is 17.2 Å². The van der Waals surface area contributed by atoms with Crippen LogP contribution in [-0.2, 0) is 6.61 Å². The van der Waals surface area contributed by atoms with E-state index in [1.54, 1.807) is 12.1 Å². The van der Waals surface area contributed by atoms with Gasteiger partial charge >= 0.3 is 0 Å². The number of benzene rings is 2. The summed E-state index contributed by atoms with van der Waals surface area (Å²) < 4.78 is 29.0. The Labute approximate surface area is 125 Å². The second-order valence-electron chi connectivity index (χ2n) is 4.39. The molecule has 0 radical (unpaired) electrons. The third kappa shape index (κ3) is 2.78. The van der Waals surface area contributed by atoms with E-state index in [0.717, 1.165) is 0 Å². The van der Waals surface area contributed by atoms with Crippen molar-refractivity contribution in [3.63, 3.8) is 0 Å². The SMILES string of the molecule is O=Cc1cc2c(cc1OCc1ccc(F)cc1Cl)OCO2. The molecule has 0 spiro atoms. The standard InChI is InChI=1S/C15H10ClFO4/c16-12-4-11(17)2-1-9(12)7-19-13-5-15-14(20-8-21-15)3-10(13)6-18/h1-6H,7-8H2. The molecule has 108 valence electrons. The zero-order valence-corrected chi connectivity index (χ0v) is 11.5. The van der Waals surface area contributed by atoms with Crippen molar-refractivity contribution >= 4 is 17.9 Å². The molecule has 0 unspecified atom stereocenters. The molecule has 1 aliphatic heterocycles. The summed E-state index contributed by atoms with van der Waals surface area (Å²) in [4.78, 5) is 11.1. The fraction of sp³-hybridized carbons (Fsp3) is 0.133. The van der Waals surface area contributed by atoms with Crippen LogP contribution in [0.25, 0.3) is 0 Å². The van der Waals surface area contributed by atoms with Crippen molar-refractivity contribution in [3.05, 3.63) is 52.3 Å². The minimum Gasteiger partial charge on any atom is -0.488 e. The summed E-state index contributed by atoms with van der Waals surface area (Å²) in [6.45, 7) is 0.223. The quantitative estimate of drug-likeness (QED) is 0.810. The van der Waals surface area contributed by atoms with Crippen LogP contribution < -0.4 is 14.2 Å². The summed E-state index contributed by atoms with van der Waals surface area (Å²) in [6, 6.07) is 7.18. The van der Waals surface area contributed by atoms with E-state index >= 15 is 0 Å². The fourth-order valence-corrected chi connectivity index (χ4v) is 2.17. The maximum atomic E-state index is 13.0. The topological polar surface area (TPSA) is 44.8 Å². The van der Waals surface area contributed by atoms with Crippen molar-refractivity contribution in [2.45, 2.75) is 6.61 Å². The molecule has 0 atom stereocenters. The zero-order valence-electron chi connectivity index (χ0n) is 10.8. The molecule has 0 bridgehead atoms. The largest absolute Gasteiger partial charge is 0.488 e. The van der Waals surface area contributed by atoms with Gasteiger partial charge < -0.3 is 14.2 Å². The summed E-state index contributed by atoms with van der Waals surface area (Å²) in [5.74, 6) is 0.958. The molecule has 6 heteroatoms. The Morgan fingerprint density at radius 2 is 2.00 bits per heavy atom. The van der Waals surface area contributed by atoms with Crippen LogP contribution in [0.1, 0.15) is 15.9 Å². The van der Waals surface area contributed by atoms with E-state index in [4.69, 9.17) is 25.8 Å². The van der Waals surface area contributed by atoms with Gasteiger partial charge in [-0.2, -0.15) is 0 Å². The first-order valence-corrected chi connectivity index (χ1v) is 6.50. The number of carbonyl (C=O) groups excluding carboxylic acids is 1. The van der Waals surface area contributed by atoms with Gasteiger partial charge in [-0.15, -0.1) is 0 Å². The Morgan fingerprint density at radius 3 is 2.71 bits per heavy atom. The van der Waals surface area contributed by atoms with Gasteiger partial charge in [0.05, 0.1) is 10.6 Å². The number of fused-ring (bicyclic) bond motifs is 1. The van der Waals surface area contributed by atoms with E-state index in [2.05, 4.69) is 0 Å². The van der Waals surface area contributed by atoms with Crippen LogP contribution >= 0.6 is 11.6 Å². The van der Waals surface area contributed by atoms with Gasteiger partial charge in [0.2, 0.25) is 6.79 Å². The molecule has 2 aromatic rings. The van der Waals surface area contributed by atoms with Crippen LogP contribution in [0.3, 0.4) is 0 Å². The molecule has 0 amide bonds. The number of carbonyl (C=O) groups is 1. The number of rotatable bonds is 4. The molecule has 21 heavy (non-hydrogen) atoms. The van der Waals surface area contributed by atoms with Crippen molar-refractivity contribution in [2.24, 2.45) is 0 Å². The van der Waals surface area contributed by atoms with E-state index in [1.807, 2.05) is 0 Å². The predicted octanol–water partition coefficient (Wildman–Crippen LogP) is 3.60. The average molecular weight is 309 g/mol. The highest BCUT2D eigenvalue weighted by molar-refractivity contribution is 6.31. The van der Waals surface area contributed by atoms with Gasteiger partial charge in [0.15, 0.2) is 17.8 Å². The molecule has 1 heterocycles. The summed E-state index contributed by atoms with van der Waals surface area (Å²) in [5, 5.41) is 0.267. The number of halogens is 2. The van der Waals surface area contributed by atoms with Crippen molar-refractivity contribution in [1.29, 1.82) is 0 Å². The highest BCUT2D eigenvalue weighted by Gasteiger charge is 2.18. The Morgan fingerprint density at radius 1 is 1.24 bits per heavy atom. The normalized spacial score (nSPS) is 12.3. The van der Waals surface area contributed by atoms with Gasteiger partial charge in [-0.1, -0.05) is 17.7 Å². The van der Waals surface area contributed by atoms with Gasteiger partial charge in [-0.3, -0.25) is 4.79 Å². The maximum absolute atomic E-state index is 13.0. The van der Waals surface area contributed by atoms with Crippen LogP contribution in [0.15, 0.2) is 30.3 Å². The first kappa shape index (κ1) is 13.7. The van der Waals surface area contributed by atoms with Crippen LogP contribution in [-0.4, -0.2) is 13.1 Å². The fourth-order valence-electron chi connectivity index (χ4n) is 1.95. The number of hydrogen-bond donors (Lipinski definition) is 0. The van der Waals surface area contributed by atoms with E-state index in [0.29, 0.717) is 34.7 Å². The summed E-state index contributed by atoms with van der Waals surface area (Å²) in [7, 11) is 0. The average Bonchev–Trinajstić information content (AvgIpc) is 2.92. The molecule has 0 aromatic heterocycles. The third-order valence-electron chi connectivity index (χ3n) is 3.03. The Kier molecular flexibility index (Phi) is 3.66. The van der Waals surface area contributed by atoms with Gasteiger partial charge in [-0.05, 0) is 18.2 Å². The molecule has 0 saturated carbocycles. The first-order valence-electron chi connectivity index (χ1n) is 6.13. The first-order chi connectivity index (χ1) is 10.2. The van der Waals surface area contributed by atoms with Crippen molar-refractivity contribution < 1.29 is 23.4 Å². The van der Waals surface area contributed by atoms with E-state index in [9.17, 15) is 9.18 Å². The molecular formula is C15H10ClFO4. The molecular weight excluding hydrogens is 299 g/mol. The van der Waals surface area contributed by atoms with Crippen molar-refractivity contribution in [1.82, 2.24) is 0 Å². The third-order valence-corrected chi connectivity index (χ3v) is 3.38. The number of hydrogen-bond acceptors (Lipinski definition) is 4. The molecule has 0 saturated heterocycles. The lowest BCUT2D eigenvalue weighted by Gasteiger charge is -2.10. The Bertz CT molecular complexity index is 702. The van der Waals surface area contributed by atoms with Crippen LogP contribution in [0, 0.1) is 5.82 Å². The van der Waals surface area contributed by atoms with Gasteiger partial charge in [0.25, 0.3) is 0 Å². The van der Waals surface area contributed by atoms with Crippen LogP contribution in [0.4, 0.5) is 4.39 Å². The van der Waals surface area contributed by atoms with Crippen LogP contribution in [0.5, 0.6) is 17.2 Å². The molecule has 3 rings (SSSR count). The van der Waals surface area contributed by atoms with E-state index < -0.39 is 5.82 Å². The molecule has 0 fully saturated rings. The maximum Gasteiger partial charge on any atom is 0.231 e. The highest BCUT2D eigenvalue weighted by atomic mass is 35.5. The lowest BCUT2D eigenvalue weighted by molar-refractivity contribution is 0.111. The molecule has 0 N–H and O–H groups in total. The lowest BCUT2D eigenvalue weighted by atomic mass is 10.2. The second-order valence-corrected chi connectivity index (χ2v) is 4.79. The smallest absolute Gasteiger partial charge is 0.231 e. The van der Waals surface area contributed by atoms with E-state index in [-0.39, 0.29) is 18.4 Å². The Balaban J connectivity index is 1.83. The number of ether oxygens (including phenoxy) is 3. The van der Waals surface area contributed by atoms with Crippen LogP contribution in [0.2, 0.25) is 5.02 Å². The minimum atomic E-state index is -0.416. The number of aldehydes is 1. The summed E-state index contributed by atoms with van der Waals surface area (Å²) in [5.41, 5.74) is 0.963. The predicted molar refractivity (Wildman–Crippen MR) is 73.7 cm³/mol.